The van der Waals surface area contributed by atoms with Crippen LogP contribution in [-0.2, 0) is 16.6 Å². The van der Waals surface area contributed by atoms with E-state index in [9.17, 15) is 8.42 Å². The lowest BCUT2D eigenvalue weighted by atomic mass is 9.99. The number of nitrogens with one attached hydrogen (secondary N) is 1. The predicted octanol–water partition coefficient (Wildman–Crippen LogP) is 3.85. The number of anilines is 1. The molecule has 5 nitrogen and oxygen atoms in total. The molecule has 1 atom stereocenters. The van der Waals surface area contributed by atoms with Gasteiger partial charge in [-0.1, -0.05) is 39.8 Å². The molecule has 0 aliphatic rings. The maximum atomic E-state index is 12.5. The zero-order chi connectivity index (χ0) is 17.0. The Morgan fingerprint density at radius 1 is 1.17 bits per heavy atom. The highest BCUT2D eigenvalue weighted by molar-refractivity contribution is 7.92. The van der Waals surface area contributed by atoms with Crippen molar-refractivity contribution in [1.29, 1.82) is 0 Å². The van der Waals surface area contributed by atoms with E-state index in [0.717, 1.165) is 12.0 Å². The van der Waals surface area contributed by atoms with E-state index in [-0.39, 0.29) is 4.90 Å². The smallest absolute Gasteiger partial charge is 0.264 e. The van der Waals surface area contributed by atoms with Gasteiger partial charge in [0.05, 0.1) is 4.90 Å². The Hall–Kier alpha value is -1.82. The van der Waals surface area contributed by atoms with Crippen LogP contribution in [0.1, 0.15) is 45.6 Å². The van der Waals surface area contributed by atoms with Crippen LogP contribution in [0.15, 0.2) is 41.6 Å². The van der Waals surface area contributed by atoms with Gasteiger partial charge < -0.3 is 4.57 Å². The average Bonchev–Trinajstić information content (AvgIpc) is 2.92. The average molecular weight is 335 g/mol. The molecule has 0 unspecified atom stereocenters. The van der Waals surface area contributed by atoms with Crippen molar-refractivity contribution in [3.05, 3.63) is 42.2 Å². The molecule has 0 bridgehead atoms. The van der Waals surface area contributed by atoms with Crippen molar-refractivity contribution < 1.29 is 8.42 Å². The number of imidazole rings is 1. The molecule has 126 valence electrons. The van der Waals surface area contributed by atoms with Crippen molar-refractivity contribution in [3.8, 4) is 0 Å². The van der Waals surface area contributed by atoms with Crippen molar-refractivity contribution in [2.45, 2.75) is 51.5 Å². The Bertz CT molecular complexity index is 733. The second-order valence-electron chi connectivity index (χ2n) is 6.28. The molecule has 0 aliphatic heterocycles. The van der Waals surface area contributed by atoms with Crippen molar-refractivity contribution in [2.24, 2.45) is 5.92 Å². The SMILES string of the molecule is CC[C@H](C)c1ccc(S(=O)(=O)Nc2nccn2CC(C)C)cc1. The van der Waals surface area contributed by atoms with Crippen LogP contribution in [-0.4, -0.2) is 18.0 Å². The maximum absolute atomic E-state index is 12.5. The third-order valence-electron chi connectivity index (χ3n) is 3.87. The fraction of sp³-hybridized carbons (Fsp3) is 0.471. The minimum atomic E-state index is -3.62. The summed E-state index contributed by atoms with van der Waals surface area (Å²) < 4.78 is 29.4. The van der Waals surface area contributed by atoms with Gasteiger partial charge in [-0.3, -0.25) is 0 Å². The van der Waals surface area contributed by atoms with Crippen molar-refractivity contribution in [2.75, 3.05) is 4.72 Å². The number of nitrogens with zero attached hydrogens (tertiary/aromatic N) is 2. The number of hydrogen-bond acceptors (Lipinski definition) is 3. The van der Waals surface area contributed by atoms with E-state index >= 15 is 0 Å². The third kappa shape index (κ3) is 4.34. The first-order valence-corrected chi connectivity index (χ1v) is 9.45. The summed E-state index contributed by atoms with van der Waals surface area (Å²) in [5, 5.41) is 0. The summed E-state index contributed by atoms with van der Waals surface area (Å²) >= 11 is 0. The molecule has 23 heavy (non-hydrogen) atoms. The van der Waals surface area contributed by atoms with E-state index in [1.165, 1.54) is 0 Å². The fourth-order valence-corrected chi connectivity index (χ4v) is 3.37. The zero-order valence-electron chi connectivity index (χ0n) is 14.2. The molecular formula is C17H25N3O2S. The Kier molecular flexibility index (Phi) is 5.46. The maximum Gasteiger partial charge on any atom is 0.264 e. The van der Waals surface area contributed by atoms with E-state index < -0.39 is 10.0 Å². The van der Waals surface area contributed by atoms with Gasteiger partial charge in [-0.05, 0) is 36.0 Å². The van der Waals surface area contributed by atoms with Gasteiger partial charge in [-0.15, -0.1) is 0 Å². The molecule has 0 amide bonds. The highest BCUT2D eigenvalue weighted by atomic mass is 32.2. The van der Waals surface area contributed by atoms with Gasteiger partial charge in [-0.25, -0.2) is 18.1 Å². The monoisotopic (exact) mass is 335 g/mol. The summed E-state index contributed by atoms with van der Waals surface area (Å²) in [6, 6.07) is 7.06. The lowest BCUT2D eigenvalue weighted by molar-refractivity contribution is 0.527. The summed E-state index contributed by atoms with van der Waals surface area (Å²) in [5.74, 6) is 1.18. The molecule has 1 N–H and O–H groups in total. The van der Waals surface area contributed by atoms with Crippen LogP contribution >= 0.6 is 0 Å². The number of hydrogen-bond donors (Lipinski definition) is 1. The molecule has 1 aromatic heterocycles. The highest BCUT2D eigenvalue weighted by Crippen LogP contribution is 2.21. The van der Waals surface area contributed by atoms with E-state index in [1.807, 2.05) is 16.7 Å². The lowest BCUT2D eigenvalue weighted by Crippen LogP contribution is -2.17. The Balaban J connectivity index is 2.21. The van der Waals surface area contributed by atoms with Crippen LogP contribution < -0.4 is 4.72 Å². The number of sulfonamides is 1. The molecular weight excluding hydrogens is 310 g/mol. The molecule has 0 saturated heterocycles. The van der Waals surface area contributed by atoms with Crippen molar-refractivity contribution in [3.63, 3.8) is 0 Å². The Labute approximate surface area is 138 Å². The largest absolute Gasteiger partial charge is 0.316 e. The van der Waals surface area contributed by atoms with Gasteiger partial charge in [0.2, 0.25) is 5.95 Å². The van der Waals surface area contributed by atoms with Crippen LogP contribution in [0.2, 0.25) is 0 Å². The summed E-state index contributed by atoms with van der Waals surface area (Å²) in [6.45, 7) is 9.11. The molecule has 0 saturated carbocycles. The molecule has 2 rings (SSSR count). The summed E-state index contributed by atoms with van der Waals surface area (Å²) in [5.41, 5.74) is 1.15. The van der Waals surface area contributed by atoms with Crippen LogP contribution in [0.3, 0.4) is 0 Å². The second-order valence-corrected chi connectivity index (χ2v) is 7.96. The normalized spacial score (nSPS) is 13.3. The molecule has 1 aromatic carbocycles. The zero-order valence-corrected chi connectivity index (χ0v) is 15.0. The first-order chi connectivity index (χ1) is 10.8. The Morgan fingerprint density at radius 2 is 1.83 bits per heavy atom. The van der Waals surface area contributed by atoms with Crippen LogP contribution in [0.4, 0.5) is 5.95 Å². The van der Waals surface area contributed by atoms with Crippen LogP contribution in [0.25, 0.3) is 0 Å². The minimum Gasteiger partial charge on any atom is -0.316 e. The molecule has 0 fully saturated rings. The van der Waals surface area contributed by atoms with Gasteiger partial charge in [0.25, 0.3) is 10.0 Å². The van der Waals surface area contributed by atoms with Crippen molar-refractivity contribution in [1.82, 2.24) is 9.55 Å². The predicted molar refractivity (Wildman–Crippen MR) is 93.0 cm³/mol. The summed E-state index contributed by atoms with van der Waals surface area (Å²) in [6.07, 6.45) is 4.41. The van der Waals surface area contributed by atoms with E-state index in [0.29, 0.717) is 24.3 Å². The number of rotatable bonds is 7. The van der Waals surface area contributed by atoms with Crippen LogP contribution in [0, 0.1) is 5.92 Å². The van der Waals surface area contributed by atoms with Gasteiger partial charge in [-0.2, -0.15) is 0 Å². The third-order valence-corrected chi connectivity index (χ3v) is 5.22. The number of aromatic nitrogens is 2. The molecule has 6 heteroatoms. The fourth-order valence-electron chi connectivity index (χ4n) is 2.35. The molecule has 2 aromatic rings. The first kappa shape index (κ1) is 17.5. The van der Waals surface area contributed by atoms with Crippen LogP contribution in [0.5, 0.6) is 0 Å². The Morgan fingerprint density at radius 3 is 2.39 bits per heavy atom. The summed E-state index contributed by atoms with van der Waals surface area (Å²) in [4.78, 5) is 4.37. The summed E-state index contributed by atoms with van der Waals surface area (Å²) in [7, 11) is -3.62. The first-order valence-electron chi connectivity index (χ1n) is 7.97. The molecule has 0 aliphatic carbocycles. The van der Waals surface area contributed by atoms with E-state index in [2.05, 4.69) is 37.4 Å². The minimum absolute atomic E-state index is 0.253. The number of benzene rings is 1. The van der Waals surface area contributed by atoms with Crippen molar-refractivity contribution >= 4 is 16.0 Å². The highest BCUT2D eigenvalue weighted by Gasteiger charge is 2.17. The van der Waals surface area contributed by atoms with Gasteiger partial charge in [0, 0.05) is 18.9 Å². The van der Waals surface area contributed by atoms with Gasteiger partial charge in [0.1, 0.15) is 0 Å². The second kappa shape index (κ2) is 7.17. The van der Waals surface area contributed by atoms with E-state index in [1.54, 1.807) is 24.5 Å². The quantitative estimate of drug-likeness (QED) is 0.836. The standard InChI is InChI=1S/C17H25N3O2S/c1-5-14(4)15-6-8-16(9-7-15)23(21,22)19-17-18-10-11-20(17)12-13(2)3/h6-11,13-14H,5,12H2,1-4H3,(H,18,19)/t14-/m0/s1. The molecule has 0 spiro atoms. The lowest BCUT2D eigenvalue weighted by Gasteiger charge is -2.13. The van der Waals surface area contributed by atoms with Gasteiger partial charge in [0.15, 0.2) is 0 Å². The molecule has 1 heterocycles. The van der Waals surface area contributed by atoms with Gasteiger partial charge >= 0.3 is 0 Å². The topological polar surface area (TPSA) is 64.0 Å². The molecule has 0 radical (unpaired) electrons. The van der Waals surface area contributed by atoms with E-state index in [4.69, 9.17) is 0 Å².